The van der Waals surface area contributed by atoms with Crippen molar-refractivity contribution in [2.75, 3.05) is 6.54 Å². The Balaban J connectivity index is 1.89. The summed E-state index contributed by atoms with van der Waals surface area (Å²) < 4.78 is 0. The molecule has 2 heteroatoms. The Kier molecular flexibility index (Phi) is 2.79. The zero-order valence-corrected chi connectivity index (χ0v) is 11.1. The minimum absolute atomic E-state index is 0.0740. The Morgan fingerprint density at radius 2 is 2.06 bits per heavy atom. The van der Waals surface area contributed by atoms with E-state index in [0.29, 0.717) is 18.4 Å². The van der Waals surface area contributed by atoms with Crippen molar-refractivity contribution in [1.29, 1.82) is 0 Å². The van der Waals surface area contributed by atoms with Gasteiger partial charge in [-0.15, -0.1) is 0 Å². The summed E-state index contributed by atoms with van der Waals surface area (Å²) in [6.07, 6.45) is 9.72. The smallest absolute Gasteiger partial charge is 0.0721 e. The Hall–Kier alpha value is -0.0800. The molecular weight excluding hydrogens is 210 g/mol. The highest BCUT2D eigenvalue weighted by Crippen LogP contribution is 2.62. The summed E-state index contributed by atoms with van der Waals surface area (Å²) in [6.45, 7) is 3.00. The highest BCUT2D eigenvalue weighted by Gasteiger charge is 2.60. The Labute approximate surface area is 105 Å². The molecule has 0 aliphatic heterocycles. The van der Waals surface area contributed by atoms with E-state index in [1.54, 1.807) is 0 Å². The van der Waals surface area contributed by atoms with Crippen LogP contribution in [0.15, 0.2) is 0 Å². The highest BCUT2D eigenvalue weighted by atomic mass is 16.3. The van der Waals surface area contributed by atoms with Crippen molar-refractivity contribution in [3.05, 3.63) is 0 Å². The molecule has 2 nitrogen and oxygen atoms in total. The molecular formula is C15H27NO. The molecule has 0 aromatic rings. The number of nitrogens with two attached hydrogens (primary N) is 1. The molecule has 0 aromatic heterocycles. The van der Waals surface area contributed by atoms with Crippen molar-refractivity contribution in [1.82, 2.24) is 0 Å². The van der Waals surface area contributed by atoms with Crippen LogP contribution < -0.4 is 5.73 Å². The molecule has 3 N–H and O–H groups in total. The molecule has 5 unspecified atom stereocenters. The predicted octanol–water partition coefficient (Wildman–Crippen LogP) is 2.69. The van der Waals surface area contributed by atoms with E-state index < -0.39 is 5.60 Å². The minimum Gasteiger partial charge on any atom is -0.389 e. The maximum atomic E-state index is 11.2. The summed E-state index contributed by atoms with van der Waals surface area (Å²) >= 11 is 0. The monoisotopic (exact) mass is 237 g/mol. The van der Waals surface area contributed by atoms with Gasteiger partial charge in [0.1, 0.15) is 0 Å². The average Bonchev–Trinajstić information content (AvgIpc) is 2.88. The first-order chi connectivity index (χ1) is 8.10. The molecule has 3 aliphatic rings. The fourth-order valence-electron chi connectivity index (χ4n) is 5.43. The number of hydrogen-bond donors (Lipinski definition) is 2. The third-order valence-electron chi connectivity index (χ3n) is 6.24. The van der Waals surface area contributed by atoms with Crippen molar-refractivity contribution in [2.45, 2.75) is 63.9 Å². The van der Waals surface area contributed by atoms with E-state index >= 15 is 0 Å². The van der Waals surface area contributed by atoms with Crippen LogP contribution in [-0.4, -0.2) is 17.3 Å². The molecule has 17 heavy (non-hydrogen) atoms. The van der Waals surface area contributed by atoms with Gasteiger partial charge in [-0.3, -0.25) is 0 Å². The van der Waals surface area contributed by atoms with Crippen LogP contribution in [-0.2, 0) is 0 Å². The number of rotatable bonds is 2. The molecule has 0 heterocycles. The number of aliphatic hydroxyl groups is 1. The Morgan fingerprint density at radius 3 is 2.59 bits per heavy atom. The number of fused-ring (bicyclic) bond motifs is 2. The molecule has 0 amide bonds. The molecule has 3 fully saturated rings. The van der Waals surface area contributed by atoms with Crippen LogP contribution in [0.1, 0.15) is 58.3 Å². The van der Waals surface area contributed by atoms with Gasteiger partial charge in [0.25, 0.3) is 0 Å². The van der Waals surface area contributed by atoms with Crippen LogP contribution in [0.4, 0.5) is 0 Å². The standard InChI is InChI=1S/C15H27NO/c1-11-3-2-6-15(17,8-11)14(10-16)9-12-4-5-13(14)7-12/h11-13,17H,2-10,16H2,1H3. The fourth-order valence-corrected chi connectivity index (χ4v) is 5.43. The average molecular weight is 237 g/mol. The second-order valence-corrected chi connectivity index (χ2v) is 7.17. The summed E-state index contributed by atoms with van der Waals surface area (Å²) in [4.78, 5) is 0. The highest BCUT2D eigenvalue weighted by molar-refractivity contribution is 5.12. The SMILES string of the molecule is CC1CCCC(O)(C2(CN)CC3CCC2C3)C1. The van der Waals surface area contributed by atoms with Crippen LogP contribution >= 0.6 is 0 Å². The van der Waals surface area contributed by atoms with Gasteiger partial charge in [0.15, 0.2) is 0 Å². The molecule has 98 valence electrons. The van der Waals surface area contributed by atoms with Crippen molar-refractivity contribution in [2.24, 2.45) is 28.9 Å². The van der Waals surface area contributed by atoms with Crippen molar-refractivity contribution < 1.29 is 5.11 Å². The molecule has 0 spiro atoms. The number of hydrogen-bond acceptors (Lipinski definition) is 2. The van der Waals surface area contributed by atoms with Gasteiger partial charge in [-0.2, -0.15) is 0 Å². The molecule has 0 saturated heterocycles. The summed E-state index contributed by atoms with van der Waals surface area (Å²) in [6, 6.07) is 0. The van der Waals surface area contributed by atoms with Crippen LogP contribution in [0, 0.1) is 23.2 Å². The van der Waals surface area contributed by atoms with Crippen LogP contribution in [0.25, 0.3) is 0 Å². The van der Waals surface area contributed by atoms with E-state index in [4.69, 9.17) is 5.73 Å². The Morgan fingerprint density at radius 1 is 1.24 bits per heavy atom. The third kappa shape index (κ3) is 1.60. The summed E-state index contributed by atoms with van der Waals surface area (Å²) in [7, 11) is 0. The first-order valence-corrected chi connectivity index (χ1v) is 7.52. The molecule has 0 aromatic carbocycles. The van der Waals surface area contributed by atoms with Gasteiger partial charge in [0.05, 0.1) is 5.60 Å². The van der Waals surface area contributed by atoms with Gasteiger partial charge >= 0.3 is 0 Å². The second kappa shape index (κ2) is 3.96. The molecule has 5 atom stereocenters. The minimum atomic E-state index is -0.445. The first kappa shape index (κ1) is 12.0. The summed E-state index contributed by atoms with van der Waals surface area (Å²) in [5.41, 5.74) is 5.79. The van der Waals surface area contributed by atoms with E-state index in [0.717, 1.165) is 18.8 Å². The first-order valence-electron chi connectivity index (χ1n) is 7.52. The zero-order chi connectivity index (χ0) is 12.1. The van der Waals surface area contributed by atoms with Gasteiger partial charge in [-0.05, 0) is 49.9 Å². The van der Waals surface area contributed by atoms with Crippen LogP contribution in [0.5, 0.6) is 0 Å². The lowest BCUT2D eigenvalue weighted by Crippen LogP contribution is -2.57. The normalized spacial score (nSPS) is 54.2. The topological polar surface area (TPSA) is 46.2 Å². The maximum Gasteiger partial charge on any atom is 0.0721 e. The molecule has 0 radical (unpaired) electrons. The zero-order valence-electron chi connectivity index (χ0n) is 11.1. The van der Waals surface area contributed by atoms with Crippen molar-refractivity contribution in [3.8, 4) is 0 Å². The lowest BCUT2D eigenvalue weighted by atomic mass is 9.56. The summed E-state index contributed by atoms with van der Waals surface area (Å²) in [5.74, 6) is 2.26. The fraction of sp³-hybridized carbons (Fsp3) is 1.00. The second-order valence-electron chi connectivity index (χ2n) is 7.17. The quantitative estimate of drug-likeness (QED) is 0.775. The van der Waals surface area contributed by atoms with Gasteiger partial charge in [-0.25, -0.2) is 0 Å². The van der Waals surface area contributed by atoms with E-state index in [1.165, 1.54) is 38.5 Å². The van der Waals surface area contributed by atoms with Gasteiger partial charge < -0.3 is 10.8 Å². The summed E-state index contributed by atoms with van der Waals surface area (Å²) in [5, 5.41) is 11.2. The van der Waals surface area contributed by atoms with Crippen molar-refractivity contribution >= 4 is 0 Å². The van der Waals surface area contributed by atoms with E-state index in [9.17, 15) is 5.11 Å². The third-order valence-corrected chi connectivity index (χ3v) is 6.24. The van der Waals surface area contributed by atoms with E-state index in [1.807, 2.05) is 0 Å². The Bertz CT molecular complexity index is 305. The lowest BCUT2D eigenvalue weighted by molar-refractivity contribution is -0.140. The van der Waals surface area contributed by atoms with E-state index in [2.05, 4.69) is 6.92 Å². The molecule has 2 bridgehead atoms. The molecule has 3 saturated carbocycles. The van der Waals surface area contributed by atoms with Gasteiger partial charge in [-0.1, -0.05) is 26.2 Å². The van der Waals surface area contributed by atoms with E-state index in [-0.39, 0.29) is 5.41 Å². The predicted molar refractivity (Wildman–Crippen MR) is 69.5 cm³/mol. The largest absolute Gasteiger partial charge is 0.389 e. The van der Waals surface area contributed by atoms with Crippen LogP contribution in [0.3, 0.4) is 0 Å². The maximum absolute atomic E-state index is 11.2. The lowest BCUT2D eigenvalue weighted by Gasteiger charge is -2.53. The molecule has 3 aliphatic carbocycles. The van der Waals surface area contributed by atoms with Crippen LogP contribution in [0.2, 0.25) is 0 Å². The van der Waals surface area contributed by atoms with Gasteiger partial charge in [0, 0.05) is 12.0 Å². The van der Waals surface area contributed by atoms with Crippen molar-refractivity contribution in [3.63, 3.8) is 0 Å². The molecule has 3 rings (SSSR count). The van der Waals surface area contributed by atoms with Gasteiger partial charge in [0.2, 0.25) is 0 Å².